The Morgan fingerprint density at radius 2 is 1.96 bits per heavy atom. The topological polar surface area (TPSA) is 97.5 Å². The SMILES string of the molecule is [C-]#[N+]c1cc(C(=O)Nc2cc(Cl)cc(NS(C)(=O)=O)c2)cn1-c1ccccn1. The van der Waals surface area contributed by atoms with Gasteiger partial charge in [0.15, 0.2) is 0 Å². The average Bonchev–Trinajstić information content (AvgIpc) is 3.05. The molecule has 0 aliphatic carbocycles. The van der Waals surface area contributed by atoms with E-state index in [4.69, 9.17) is 18.2 Å². The number of aromatic nitrogens is 2. The van der Waals surface area contributed by atoms with Gasteiger partial charge in [0, 0.05) is 23.0 Å². The van der Waals surface area contributed by atoms with E-state index in [0.29, 0.717) is 11.5 Å². The smallest absolute Gasteiger partial charge is 0.258 e. The summed E-state index contributed by atoms with van der Waals surface area (Å²) in [6.45, 7) is 7.31. The predicted molar refractivity (Wildman–Crippen MR) is 108 cm³/mol. The van der Waals surface area contributed by atoms with Crippen LogP contribution in [0.2, 0.25) is 5.02 Å². The van der Waals surface area contributed by atoms with Crippen LogP contribution in [0.15, 0.2) is 54.9 Å². The molecule has 142 valence electrons. The van der Waals surface area contributed by atoms with Crippen LogP contribution in [-0.4, -0.2) is 30.1 Å². The number of nitrogens with zero attached hydrogens (tertiary/aromatic N) is 3. The molecule has 0 spiro atoms. The Bertz CT molecular complexity index is 1180. The van der Waals surface area contributed by atoms with Gasteiger partial charge in [0.25, 0.3) is 5.91 Å². The van der Waals surface area contributed by atoms with Crippen LogP contribution in [0.3, 0.4) is 0 Å². The highest BCUT2D eigenvalue weighted by Crippen LogP contribution is 2.26. The van der Waals surface area contributed by atoms with E-state index < -0.39 is 15.9 Å². The van der Waals surface area contributed by atoms with Crippen LogP contribution in [0.4, 0.5) is 17.2 Å². The normalized spacial score (nSPS) is 10.9. The summed E-state index contributed by atoms with van der Waals surface area (Å²) in [5.41, 5.74) is 0.769. The first kappa shape index (κ1) is 19.4. The van der Waals surface area contributed by atoms with Gasteiger partial charge in [-0.2, -0.15) is 0 Å². The summed E-state index contributed by atoms with van der Waals surface area (Å²) in [5, 5.41) is 2.89. The minimum atomic E-state index is -3.49. The Hall–Kier alpha value is -3.35. The molecule has 1 aromatic carbocycles. The summed E-state index contributed by atoms with van der Waals surface area (Å²) in [7, 11) is -3.49. The molecule has 0 bridgehead atoms. The van der Waals surface area contributed by atoms with Gasteiger partial charge in [0.1, 0.15) is 0 Å². The number of hydrogen-bond acceptors (Lipinski definition) is 4. The van der Waals surface area contributed by atoms with Crippen LogP contribution in [0.5, 0.6) is 0 Å². The van der Waals surface area contributed by atoms with Crippen molar-refractivity contribution in [2.75, 3.05) is 16.3 Å². The van der Waals surface area contributed by atoms with Crippen molar-refractivity contribution in [1.29, 1.82) is 0 Å². The van der Waals surface area contributed by atoms with E-state index in [0.717, 1.165) is 6.26 Å². The molecule has 10 heteroatoms. The second kappa shape index (κ2) is 7.72. The zero-order valence-electron chi connectivity index (χ0n) is 14.5. The number of pyridine rings is 1. The molecule has 0 saturated carbocycles. The predicted octanol–water partition coefficient (Wildman–Crippen LogP) is 3.70. The Balaban J connectivity index is 1.88. The maximum Gasteiger partial charge on any atom is 0.258 e. The largest absolute Gasteiger partial charge is 0.364 e. The molecule has 1 amide bonds. The zero-order chi connectivity index (χ0) is 20.3. The van der Waals surface area contributed by atoms with Gasteiger partial charge in [-0.1, -0.05) is 24.2 Å². The second-order valence-corrected chi connectivity index (χ2v) is 8.00. The third-order valence-corrected chi connectivity index (χ3v) is 4.36. The van der Waals surface area contributed by atoms with E-state index in [1.807, 2.05) is 0 Å². The summed E-state index contributed by atoms with van der Waals surface area (Å²) >= 11 is 6.00. The summed E-state index contributed by atoms with van der Waals surface area (Å²) in [4.78, 5) is 20.2. The molecule has 3 aromatic rings. The fourth-order valence-corrected chi connectivity index (χ4v) is 3.26. The van der Waals surface area contributed by atoms with Crippen molar-refractivity contribution in [3.8, 4) is 5.82 Å². The number of carbonyl (C=O) groups is 1. The molecule has 0 saturated heterocycles. The number of rotatable bonds is 5. The summed E-state index contributed by atoms with van der Waals surface area (Å²) in [6.07, 6.45) is 4.11. The highest BCUT2D eigenvalue weighted by molar-refractivity contribution is 7.92. The number of nitrogens with one attached hydrogen (secondary N) is 2. The lowest BCUT2D eigenvalue weighted by Crippen LogP contribution is -2.13. The van der Waals surface area contributed by atoms with Crippen LogP contribution in [-0.2, 0) is 10.0 Å². The third-order valence-electron chi connectivity index (χ3n) is 3.53. The van der Waals surface area contributed by atoms with E-state index in [9.17, 15) is 13.2 Å². The van der Waals surface area contributed by atoms with Gasteiger partial charge >= 0.3 is 0 Å². The molecule has 0 radical (unpaired) electrons. The number of halogens is 1. The Kier molecular flexibility index (Phi) is 5.35. The molecular weight excluding hydrogens is 402 g/mol. The number of amides is 1. The minimum absolute atomic E-state index is 0.221. The first-order valence-electron chi connectivity index (χ1n) is 7.86. The van der Waals surface area contributed by atoms with Gasteiger partial charge in [-0.25, -0.2) is 18.0 Å². The number of sulfonamides is 1. The zero-order valence-corrected chi connectivity index (χ0v) is 16.1. The monoisotopic (exact) mass is 415 g/mol. The quantitative estimate of drug-likeness (QED) is 0.621. The number of carbonyl (C=O) groups excluding carboxylic acids is 1. The number of benzene rings is 1. The van der Waals surface area contributed by atoms with E-state index in [-0.39, 0.29) is 22.1 Å². The van der Waals surface area contributed by atoms with Gasteiger partial charge in [-0.15, -0.1) is 0 Å². The Morgan fingerprint density at radius 1 is 1.21 bits per heavy atom. The molecular formula is C18H14ClN5O3S. The lowest BCUT2D eigenvalue weighted by atomic mass is 10.2. The van der Waals surface area contributed by atoms with E-state index in [2.05, 4.69) is 19.9 Å². The highest BCUT2D eigenvalue weighted by Gasteiger charge is 2.16. The van der Waals surface area contributed by atoms with Crippen molar-refractivity contribution in [3.05, 3.63) is 76.9 Å². The average molecular weight is 416 g/mol. The molecule has 0 unspecified atom stereocenters. The molecule has 2 N–H and O–H groups in total. The fraction of sp³-hybridized carbons (Fsp3) is 0.0556. The summed E-state index contributed by atoms with van der Waals surface area (Å²) < 4.78 is 26.6. The number of anilines is 2. The maximum absolute atomic E-state index is 12.6. The summed E-state index contributed by atoms with van der Waals surface area (Å²) in [6, 6.07) is 11.0. The van der Waals surface area contributed by atoms with Gasteiger partial charge < -0.3 is 10.2 Å². The first-order chi connectivity index (χ1) is 13.2. The Morgan fingerprint density at radius 3 is 2.61 bits per heavy atom. The molecule has 0 aliphatic heterocycles. The first-order valence-corrected chi connectivity index (χ1v) is 10.1. The van der Waals surface area contributed by atoms with Crippen molar-refractivity contribution >= 4 is 44.7 Å². The van der Waals surface area contributed by atoms with Crippen LogP contribution in [0.1, 0.15) is 10.4 Å². The van der Waals surface area contributed by atoms with E-state index in [1.54, 1.807) is 24.4 Å². The van der Waals surface area contributed by atoms with Crippen LogP contribution < -0.4 is 10.0 Å². The molecule has 0 aliphatic rings. The van der Waals surface area contributed by atoms with E-state index >= 15 is 0 Å². The molecule has 28 heavy (non-hydrogen) atoms. The lowest BCUT2D eigenvalue weighted by molar-refractivity contribution is 0.102. The molecule has 3 rings (SSSR count). The molecule has 0 atom stereocenters. The van der Waals surface area contributed by atoms with Gasteiger partial charge in [-0.3, -0.25) is 9.52 Å². The Labute approximate surface area is 166 Å². The highest BCUT2D eigenvalue weighted by atomic mass is 35.5. The van der Waals surface area contributed by atoms with Gasteiger partial charge in [-0.05, 0) is 30.3 Å². The molecule has 2 heterocycles. The van der Waals surface area contributed by atoms with Crippen molar-refractivity contribution < 1.29 is 13.2 Å². The van der Waals surface area contributed by atoms with Crippen LogP contribution in [0.25, 0.3) is 10.7 Å². The fourth-order valence-electron chi connectivity index (χ4n) is 2.48. The van der Waals surface area contributed by atoms with Crippen molar-refractivity contribution in [2.24, 2.45) is 0 Å². The van der Waals surface area contributed by atoms with Gasteiger partial charge in [0.2, 0.25) is 21.7 Å². The van der Waals surface area contributed by atoms with E-state index in [1.165, 1.54) is 35.0 Å². The van der Waals surface area contributed by atoms with Crippen molar-refractivity contribution in [3.63, 3.8) is 0 Å². The number of hydrogen-bond donors (Lipinski definition) is 2. The van der Waals surface area contributed by atoms with Crippen LogP contribution in [0, 0.1) is 6.57 Å². The molecule has 8 nitrogen and oxygen atoms in total. The third kappa shape index (κ3) is 4.68. The standard InChI is InChI=1S/C18H14ClN5O3S/c1-20-17-7-12(11-24(17)16-5-3-4-6-21-16)18(25)22-14-8-13(19)9-15(10-14)23-28(2,26)27/h3-11,23H,2H3,(H,22,25). The van der Waals surface area contributed by atoms with Gasteiger partial charge in [0.05, 0.1) is 23.7 Å². The van der Waals surface area contributed by atoms with Crippen molar-refractivity contribution in [2.45, 2.75) is 0 Å². The van der Waals surface area contributed by atoms with Crippen molar-refractivity contribution in [1.82, 2.24) is 9.55 Å². The second-order valence-electron chi connectivity index (χ2n) is 5.81. The lowest BCUT2D eigenvalue weighted by Gasteiger charge is -2.09. The maximum atomic E-state index is 12.6. The molecule has 0 fully saturated rings. The molecule has 2 aromatic heterocycles. The summed E-state index contributed by atoms with van der Waals surface area (Å²) in [5.74, 6) is 0.261. The minimum Gasteiger partial charge on any atom is -0.364 e. The van der Waals surface area contributed by atoms with Crippen LogP contribution >= 0.6 is 11.6 Å².